The summed E-state index contributed by atoms with van der Waals surface area (Å²) in [5, 5.41) is 14.1. The van der Waals surface area contributed by atoms with Gasteiger partial charge in [-0.1, -0.05) is 5.16 Å². The van der Waals surface area contributed by atoms with Gasteiger partial charge in [-0.15, -0.1) is 0 Å². The van der Waals surface area contributed by atoms with Gasteiger partial charge in [0.15, 0.2) is 0 Å². The summed E-state index contributed by atoms with van der Waals surface area (Å²) >= 11 is 0. The van der Waals surface area contributed by atoms with E-state index in [2.05, 4.69) is 14.7 Å². The Kier molecular flexibility index (Phi) is 3.42. The summed E-state index contributed by atoms with van der Waals surface area (Å²) in [4.78, 5) is 26.0. The average Bonchev–Trinajstić information content (AvgIpc) is 2.79. The molecule has 1 aromatic heterocycles. The van der Waals surface area contributed by atoms with Crippen molar-refractivity contribution in [2.45, 2.75) is 6.92 Å². The van der Waals surface area contributed by atoms with Crippen molar-refractivity contribution >= 4 is 17.6 Å². The number of rotatable bonds is 3. The van der Waals surface area contributed by atoms with Crippen LogP contribution in [0.1, 0.15) is 26.9 Å². The minimum absolute atomic E-state index is 0.126. The molecule has 0 radical (unpaired) electrons. The van der Waals surface area contributed by atoms with Crippen LogP contribution in [0.25, 0.3) is 0 Å². The van der Waals surface area contributed by atoms with E-state index in [0.29, 0.717) is 12.1 Å². The number of aromatic carboxylic acids is 1. The van der Waals surface area contributed by atoms with Crippen molar-refractivity contribution in [3.63, 3.8) is 0 Å². The first-order chi connectivity index (χ1) is 9.38. The van der Waals surface area contributed by atoms with Crippen LogP contribution in [0.15, 0.2) is 16.7 Å². The molecule has 2 N–H and O–H groups in total. The van der Waals surface area contributed by atoms with E-state index in [1.54, 1.807) is 0 Å². The first kappa shape index (κ1) is 13.6. The molecule has 9 heteroatoms. The molecule has 0 bridgehead atoms. The molecule has 0 aliphatic heterocycles. The molecule has 0 atom stereocenters. The first-order valence-electron chi connectivity index (χ1n) is 5.22. The van der Waals surface area contributed by atoms with E-state index < -0.39 is 34.8 Å². The highest BCUT2D eigenvalue weighted by molar-refractivity contribution is 6.02. The molecule has 1 amide bonds. The zero-order valence-corrected chi connectivity index (χ0v) is 9.98. The van der Waals surface area contributed by atoms with E-state index in [0.717, 1.165) is 0 Å². The summed E-state index contributed by atoms with van der Waals surface area (Å²) in [6.45, 7) is 1.45. The van der Waals surface area contributed by atoms with Crippen molar-refractivity contribution in [1.82, 2.24) is 10.1 Å². The maximum atomic E-state index is 13.5. The predicted molar refractivity (Wildman–Crippen MR) is 60.3 cm³/mol. The van der Waals surface area contributed by atoms with Gasteiger partial charge in [-0.25, -0.2) is 13.6 Å². The van der Waals surface area contributed by atoms with Crippen LogP contribution in [-0.4, -0.2) is 27.1 Å². The lowest BCUT2D eigenvalue weighted by molar-refractivity contribution is 0.0691. The van der Waals surface area contributed by atoms with Crippen molar-refractivity contribution in [3.05, 3.63) is 41.0 Å². The highest BCUT2D eigenvalue weighted by Crippen LogP contribution is 2.20. The van der Waals surface area contributed by atoms with E-state index in [1.165, 1.54) is 6.92 Å². The Bertz CT molecular complexity index is 699. The smallest absolute Gasteiger partial charge is 0.338 e. The lowest BCUT2D eigenvalue weighted by atomic mass is 10.2. The predicted octanol–water partition coefficient (Wildman–Crippen LogP) is 1.61. The number of carbonyl (C=O) groups is 2. The summed E-state index contributed by atoms with van der Waals surface area (Å²) in [6.07, 6.45) is 0. The number of nitrogens with zero attached hydrogens (tertiary/aromatic N) is 2. The summed E-state index contributed by atoms with van der Waals surface area (Å²) in [5.41, 5.74) is -1.28. The summed E-state index contributed by atoms with van der Waals surface area (Å²) in [5.74, 6) is -5.11. The van der Waals surface area contributed by atoms with Gasteiger partial charge in [0.1, 0.15) is 11.6 Å². The van der Waals surface area contributed by atoms with Crippen LogP contribution in [0.4, 0.5) is 14.5 Å². The number of hydrogen-bond acceptors (Lipinski definition) is 5. The Labute approximate surface area is 110 Å². The van der Waals surface area contributed by atoms with E-state index in [1.807, 2.05) is 5.32 Å². The number of carbonyl (C=O) groups excluding carboxylic acids is 1. The van der Waals surface area contributed by atoms with Gasteiger partial charge < -0.3 is 14.9 Å². The van der Waals surface area contributed by atoms with Crippen molar-refractivity contribution in [1.29, 1.82) is 0 Å². The van der Waals surface area contributed by atoms with Gasteiger partial charge in [-0.3, -0.25) is 4.79 Å². The molecule has 1 heterocycles. The molecule has 0 spiro atoms. The van der Waals surface area contributed by atoms with Crippen LogP contribution >= 0.6 is 0 Å². The van der Waals surface area contributed by atoms with Gasteiger partial charge in [0.25, 0.3) is 11.7 Å². The molecule has 0 unspecified atom stereocenters. The fraction of sp³-hybridized carbons (Fsp3) is 0.0909. The van der Waals surface area contributed by atoms with Crippen LogP contribution < -0.4 is 5.32 Å². The second-order valence-corrected chi connectivity index (χ2v) is 3.71. The van der Waals surface area contributed by atoms with Gasteiger partial charge >= 0.3 is 5.97 Å². The Morgan fingerprint density at radius 3 is 2.55 bits per heavy atom. The number of carboxylic acid groups (broad SMARTS) is 1. The number of nitrogens with one attached hydrogen (secondary N) is 1. The second-order valence-electron chi connectivity index (χ2n) is 3.71. The third-order valence-electron chi connectivity index (χ3n) is 2.27. The quantitative estimate of drug-likeness (QED) is 0.886. The fourth-order valence-corrected chi connectivity index (χ4v) is 1.38. The molecule has 7 nitrogen and oxygen atoms in total. The number of hydrogen-bond donors (Lipinski definition) is 2. The standard InChI is InChI=1S/C11H7F2N3O4/c1-4-14-9(16-20-4)10(17)15-8-2-5(11(18)19)6(12)3-7(8)13/h2-3H,1H3,(H,15,17)(H,18,19). The number of anilines is 1. The van der Waals surface area contributed by atoms with Gasteiger partial charge in [0, 0.05) is 13.0 Å². The van der Waals surface area contributed by atoms with E-state index in [4.69, 9.17) is 5.11 Å². The normalized spacial score (nSPS) is 10.3. The Hall–Kier alpha value is -2.84. The maximum Gasteiger partial charge on any atom is 0.338 e. The summed E-state index contributed by atoms with van der Waals surface area (Å²) in [7, 11) is 0. The fourth-order valence-electron chi connectivity index (χ4n) is 1.38. The first-order valence-corrected chi connectivity index (χ1v) is 5.22. The van der Waals surface area contributed by atoms with Crippen molar-refractivity contribution in [2.24, 2.45) is 0 Å². The minimum atomic E-state index is -1.59. The molecule has 0 fully saturated rings. The van der Waals surface area contributed by atoms with Crippen molar-refractivity contribution in [3.8, 4) is 0 Å². The molecule has 0 saturated carbocycles. The van der Waals surface area contributed by atoms with Crippen LogP contribution in [0, 0.1) is 18.6 Å². The molecular formula is C11H7F2N3O4. The third kappa shape index (κ3) is 2.60. The van der Waals surface area contributed by atoms with Gasteiger partial charge in [0.2, 0.25) is 5.89 Å². The van der Waals surface area contributed by atoms with Crippen LogP contribution in [-0.2, 0) is 0 Å². The second kappa shape index (κ2) is 5.03. The van der Waals surface area contributed by atoms with Gasteiger partial charge in [-0.2, -0.15) is 4.98 Å². The summed E-state index contributed by atoms with van der Waals surface area (Å²) < 4.78 is 31.2. The van der Waals surface area contributed by atoms with Crippen molar-refractivity contribution < 1.29 is 28.0 Å². The Morgan fingerprint density at radius 2 is 2.00 bits per heavy atom. The topological polar surface area (TPSA) is 105 Å². The average molecular weight is 283 g/mol. The third-order valence-corrected chi connectivity index (χ3v) is 2.27. The largest absolute Gasteiger partial charge is 0.478 e. The molecular weight excluding hydrogens is 276 g/mol. The van der Waals surface area contributed by atoms with Gasteiger partial charge in [0.05, 0.1) is 11.3 Å². The van der Waals surface area contributed by atoms with E-state index in [9.17, 15) is 18.4 Å². The zero-order valence-electron chi connectivity index (χ0n) is 9.98. The summed E-state index contributed by atoms with van der Waals surface area (Å²) in [6, 6.07) is 1.03. The van der Waals surface area contributed by atoms with Crippen molar-refractivity contribution in [2.75, 3.05) is 5.32 Å². The molecule has 0 aliphatic carbocycles. The number of halogens is 2. The van der Waals surface area contributed by atoms with Crippen LogP contribution in [0.5, 0.6) is 0 Å². The minimum Gasteiger partial charge on any atom is -0.478 e. The maximum absolute atomic E-state index is 13.5. The monoisotopic (exact) mass is 283 g/mol. The molecule has 1 aromatic carbocycles. The number of carboxylic acids is 1. The number of benzene rings is 1. The molecule has 0 aliphatic rings. The highest BCUT2D eigenvalue weighted by atomic mass is 19.1. The Morgan fingerprint density at radius 1 is 1.30 bits per heavy atom. The van der Waals surface area contributed by atoms with E-state index in [-0.39, 0.29) is 11.7 Å². The highest BCUT2D eigenvalue weighted by Gasteiger charge is 2.19. The Balaban J connectivity index is 2.31. The number of aromatic nitrogens is 2. The number of amides is 1. The molecule has 2 aromatic rings. The number of aryl methyl sites for hydroxylation is 1. The van der Waals surface area contributed by atoms with Gasteiger partial charge in [-0.05, 0) is 6.07 Å². The SMILES string of the molecule is Cc1nc(C(=O)Nc2cc(C(=O)O)c(F)cc2F)no1. The zero-order chi connectivity index (χ0) is 14.9. The van der Waals surface area contributed by atoms with E-state index >= 15 is 0 Å². The van der Waals surface area contributed by atoms with Crippen LogP contribution in [0.3, 0.4) is 0 Å². The molecule has 20 heavy (non-hydrogen) atoms. The molecule has 0 saturated heterocycles. The molecule has 104 valence electrons. The van der Waals surface area contributed by atoms with Crippen LogP contribution in [0.2, 0.25) is 0 Å². The lowest BCUT2D eigenvalue weighted by Crippen LogP contribution is -2.16. The lowest BCUT2D eigenvalue weighted by Gasteiger charge is -2.06. The molecule has 2 rings (SSSR count).